The van der Waals surface area contributed by atoms with Crippen molar-refractivity contribution < 1.29 is 36.3 Å². The molecule has 11 heteroatoms. The van der Waals surface area contributed by atoms with Crippen molar-refractivity contribution in [1.29, 1.82) is 0 Å². The largest absolute Gasteiger partial charge is 0.466 e. The van der Waals surface area contributed by atoms with Crippen LogP contribution < -0.4 is 0 Å². The molecule has 0 N–H and O–H groups in total. The molecule has 1 aliphatic carbocycles. The SMILES string of the molecule is C#Cc1ccccc1-c1ccc(/C=C/[C@@H]2[C@@H]3[C@@H](C)N(C(=O)OC(C)(C)C)S(=O)(=O)[C@]3(CC(=O)OCC)CC(F)(F)[C@H]2C)nc1. The number of esters is 1. The molecule has 0 bridgehead atoms. The molecule has 1 aromatic heterocycles. The van der Waals surface area contributed by atoms with Gasteiger partial charge in [0.2, 0.25) is 10.0 Å². The monoisotopic (exact) mass is 628 g/mol. The number of sulfonamides is 1. The minimum absolute atomic E-state index is 0.0609. The molecule has 0 radical (unpaired) electrons. The second kappa shape index (κ2) is 12.0. The number of halogens is 2. The van der Waals surface area contributed by atoms with E-state index in [4.69, 9.17) is 15.9 Å². The lowest BCUT2D eigenvalue weighted by Crippen LogP contribution is -2.58. The third-order valence-electron chi connectivity index (χ3n) is 8.45. The first-order valence-electron chi connectivity index (χ1n) is 14.5. The molecule has 0 unspecified atom stereocenters. The molecular weight excluding hydrogens is 590 g/mol. The number of ether oxygens (including phenoxy) is 2. The Morgan fingerprint density at radius 3 is 2.45 bits per heavy atom. The van der Waals surface area contributed by atoms with E-state index in [0.717, 1.165) is 11.1 Å². The third kappa shape index (κ3) is 5.96. The average Bonchev–Trinajstić information content (AvgIpc) is 3.09. The zero-order valence-electron chi connectivity index (χ0n) is 25.7. The fourth-order valence-corrected chi connectivity index (χ4v) is 9.09. The van der Waals surface area contributed by atoms with Gasteiger partial charge in [0.1, 0.15) is 10.3 Å². The van der Waals surface area contributed by atoms with E-state index in [9.17, 15) is 18.0 Å². The van der Waals surface area contributed by atoms with E-state index in [1.807, 2.05) is 24.3 Å². The van der Waals surface area contributed by atoms with Gasteiger partial charge in [0.25, 0.3) is 5.92 Å². The highest BCUT2D eigenvalue weighted by molar-refractivity contribution is 7.91. The van der Waals surface area contributed by atoms with E-state index in [-0.39, 0.29) is 6.61 Å². The van der Waals surface area contributed by atoms with Crippen LogP contribution in [0.15, 0.2) is 48.7 Å². The minimum atomic E-state index is -4.82. The van der Waals surface area contributed by atoms with Crippen LogP contribution in [0.3, 0.4) is 0 Å². The molecular formula is C33H38F2N2O6S. The highest BCUT2D eigenvalue weighted by atomic mass is 32.2. The molecule has 1 aliphatic heterocycles. The maximum absolute atomic E-state index is 15.9. The molecule has 236 valence electrons. The highest BCUT2D eigenvalue weighted by Gasteiger charge is 2.73. The predicted octanol–water partition coefficient (Wildman–Crippen LogP) is 6.31. The first kappa shape index (κ1) is 33.1. The Morgan fingerprint density at radius 1 is 1.18 bits per heavy atom. The molecule has 2 heterocycles. The van der Waals surface area contributed by atoms with E-state index in [1.54, 1.807) is 52.1 Å². The lowest BCUT2D eigenvalue weighted by Gasteiger charge is -2.48. The van der Waals surface area contributed by atoms with Gasteiger partial charge >= 0.3 is 12.1 Å². The Morgan fingerprint density at radius 2 is 1.86 bits per heavy atom. The van der Waals surface area contributed by atoms with E-state index in [0.29, 0.717) is 15.6 Å². The van der Waals surface area contributed by atoms with Crippen molar-refractivity contribution in [3.8, 4) is 23.5 Å². The van der Waals surface area contributed by atoms with Crippen molar-refractivity contribution >= 4 is 28.2 Å². The summed E-state index contributed by atoms with van der Waals surface area (Å²) in [5.74, 6) is -5.25. The van der Waals surface area contributed by atoms with Gasteiger partial charge < -0.3 is 9.47 Å². The molecule has 8 nitrogen and oxygen atoms in total. The van der Waals surface area contributed by atoms with Crippen LogP contribution in [-0.4, -0.2) is 58.7 Å². The molecule has 1 aromatic carbocycles. The molecule has 1 saturated carbocycles. The van der Waals surface area contributed by atoms with Gasteiger partial charge in [0.05, 0.1) is 24.8 Å². The highest BCUT2D eigenvalue weighted by Crippen LogP contribution is 2.61. The zero-order chi connectivity index (χ0) is 32.7. The Bertz CT molecular complexity index is 1590. The van der Waals surface area contributed by atoms with Crippen molar-refractivity contribution in [1.82, 2.24) is 9.29 Å². The molecule has 0 spiro atoms. The van der Waals surface area contributed by atoms with Crippen LogP contribution >= 0.6 is 0 Å². The van der Waals surface area contributed by atoms with Gasteiger partial charge in [-0.1, -0.05) is 43.2 Å². The maximum Gasteiger partial charge on any atom is 0.424 e. The van der Waals surface area contributed by atoms with Gasteiger partial charge in [-0.2, -0.15) is 0 Å². The molecule has 1 saturated heterocycles. The Labute approximate surface area is 257 Å². The number of alkyl halides is 2. The number of pyridine rings is 1. The van der Waals surface area contributed by atoms with Crippen LogP contribution in [0, 0.1) is 30.1 Å². The summed E-state index contributed by atoms with van der Waals surface area (Å²) in [6.07, 6.45) is 7.18. The number of fused-ring (bicyclic) bond motifs is 1. The number of allylic oxidation sites excluding steroid dienone is 1. The normalized spacial score (nSPS) is 27.4. The summed E-state index contributed by atoms with van der Waals surface area (Å²) in [5.41, 5.74) is 1.67. The van der Waals surface area contributed by atoms with Crippen LogP contribution in [0.25, 0.3) is 17.2 Å². The minimum Gasteiger partial charge on any atom is -0.466 e. The summed E-state index contributed by atoms with van der Waals surface area (Å²) in [4.78, 5) is 30.6. The Balaban J connectivity index is 1.79. The molecule has 4 rings (SSSR count). The predicted molar refractivity (Wildman–Crippen MR) is 163 cm³/mol. The van der Waals surface area contributed by atoms with Gasteiger partial charge in [-0.3, -0.25) is 9.78 Å². The number of rotatable bonds is 6. The maximum atomic E-state index is 15.9. The van der Waals surface area contributed by atoms with Crippen LogP contribution in [0.5, 0.6) is 0 Å². The molecule has 2 aromatic rings. The lowest BCUT2D eigenvalue weighted by molar-refractivity contribution is -0.151. The Hall–Kier alpha value is -3.78. The molecule has 1 amide bonds. The van der Waals surface area contributed by atoms with Crippen LogP contribution in [0.4, 0.5) is 13.6 Å². The van der Waals surface area contributed by atoms with E-state index in [2.05, 4.69) is 10.9 Å². The van der Waals surface area contributed by atoms with Crippen molar-refractivity contribution in [3.63, 3.8) is 0 Å². The van der Waals surface area contributed by atoms with E-state index < -0.39 is 75.0 Å². The number of hydrogen-bond acceptors (Lipinski definition) is 7. The number of aromatic nitrogens is 1. The van der Waals surface area contributed by atoms with Crippen LogP contribution in [0.2, 0.25) is 0 Å². The summed E-state index contributed by atoms with van der Waals surface area (Å²) in [7, 11) is -4.82. The molecule has 44 heavy (non-hydrogen) atoms. The van der Waals surface area contributed by atoms with Gasteiger partial charge in [-0.25, -0.2) is 26.3 Å². The fraction of sp³-hybridized carbons (Fsp3) is 0.485. The number of carbonyl (C=O) groups is 2. The van der Waals surface area contributed by atoms with Crippen molar-refractivity contribution in [2.75, 3.05) is 6.61 Å². The number of terminal acetylenes is 1. The summed E-state index contributed by atoms with van der Waals surface area (Å²) >= 11 is 0. The molecule has 2 fully saturated rings. The summed E-state index contributed by atoms with van der Waals surface area (Å²) < 4.78 is 68.8. The van der Waals surface area contributed by atoms with Crippen molar-refractivity contribution in [2.24, 2.45) is 17.8 Å². The van der Waals surface area contributed by atoms with Crippen molar-refractivity contribution in [2.45, 2.75) is 76.7 Å². The van der Waals surface area contributed by atoms with Gasteiger partial charge in [-0.05, 0) is 64.3 Å². The summed E-state index contributed by atoms with van der Waals surface area (Å²) in [6.45, 7) is 9.05. The lowest BCUT2D eigenvalue weighted by atomic mass is 9.61. The van der Waals surface area contributed by atoms with Gasteiger partial charge in [0, 0.05) is 35.6 Å². The molecule has 5 atom stereocenters. The number of nitrogens with zero attached hydrogens (tertiary/aromatic N) is 2. The Kier molecular flexibility index (Phi) is 9.00. The average molecular weight is 629 g/mol. The topological polar surface area (TPSA) is 103 Å². The quantitative estimate of drug-likeness (QED) is 0.273. The summed E-state index contributed by atoms with van der Waals surface area (Å²) in [6, 6.07) is 9.80. The zero-order valence-corrected chi connectivity index (χ0v) is 26.5. The first-order chi connectivity index (χ1) is 20.5. The number of carbonyl (C=O) groups excluding carboxylic acids is 2. The second-order valence-corrected chi connectivity index (χ2v) is 14.6. The first-order valence-corrected chi connectivity index (χ1v) is 15.9. The fourth-order valence-electron chi connectivity index (χ4n) is 6.53. The third-order valence-corrected chi connectivity index (χ3v) is 11.0. The van der Waals surface area contributed by atoms with Crippen molar-refractivity contribution in [3.05, 3.63) is 59.9 Å². The van der Waals surface area contributed by atoms with Gasteiger partial charge in [0.15, 0.2) is 0 Å². The summed E-state index contributed by atoms with van der Waals surface area (Å²) in [5, 5.41) is 0. The van der Waals surface area contributed by atoms with E-state index in [1.165, 1.54) is 19.9 Å². The molecule has 2 aliphatic rings. The number of hydrogen-bond donors (Lipinski definition) is 0. The number of amides is 1. The second-order valence-electron chi connectivity index (χ2n) is 12.4. The standard InChI is InChI=1S/C33H38F2N2O6S/c1-8-23-12-10-11-13-27(23)24-14-15-25(36-19-24)16-17-26-21(3)33(34,35)20-32(18-28(38)42-9-2)29(26)22(4)37(44(32,40)41)30(39)43-31(5,6)7/h1,10-17,19,21-22,26,29H,9,18,20H2,2-7H3/b17-16+/t21-,22+,26-,29-,32+/m0/s1. The smallest absolute Gasteiger partial charge is 0.424 e. The van der Waals surface area contributed by atoms with Crippen LogP contribution in [-0.2, 0) is 24.3 Å². The van der Waals surface area contributed by atoms with Gasteiger partial charge in [-0.15, -0.1) is 6.42 Å². The van der Waals surface area contributed by atoms with E-state index >= 15 is 8.78 Å². The number of benzene rings is 1. The van der Waals surface area contributed by atoms with Crippen LogP contribution in [0.1, 0.15) is 65.6 Å².